The van der Waals surface area contributed by atoms with Crippen LogP contribution in [0.1, 0.15) is 18.1 Å². The monoisotopic (exact) mass is 295 g/mol. The predicted molar refractivity (Wildman–Crippen MR) is 81.3 cm³/mol. The fourth-order valence-electron chi connectivity index (χ4n) is 1.85. The van der Waals surface area contributed by atoms with Crippen molar-refractivity contribution in [3.63, 3.8) is 0 Å². The van der Waals surface area contributed by atoms with Crippen molar-refractivity contribution in [1.29, 1.82) is 0 Å². The summed E-state index contributed by atoms with van der Waals surface area (Å²) < 4.78 is 0. The van der Waals surface area contributed by atoms with Crippen LogP contribution in [-0.2, 0) is 13.0 Å². The first kappa shape index (κ1) is 14.0. The number of nitrogens with one attached hydrogen (secondary N) is 1. The highest BCUT2D eigenvalue weighted by atomic mass is 35.5. The van der Waals surface area contributed by atoms with Gasteiger partial charge in [0, 0.05) is 22.8 Å². The summed E-state index contributed by atoms with van der Waals surface area (Å²) in [5.41, 5.74) is 2.95. The number of halogens is 2. The maximum atomic E-state index is 9.87. The van der Waals surface area contributed by atoms with Gasteiger partial charge in [-0.25, -0.2) is 0 Å². The molecule has 2 rings (SSSR count). The molecular weight excluding hydrogens is 281 g/mol. The Morgan fingerprint density at radius 2 is 1.95 bits per heavy atom. The molecule has 0 atom stereocenters. The van der Waals surface area contributed by atoms with E-state index in [1.54, 1.807) is 6.07 Å². The number of anilines is 1. The second kappa shape index (κ2) is 6.18. The largest absolute Gasteiger partial charge is 0.506 e. The van der Waals surface area contributed by atoms with E-state index in [0.29, 0.717) is 17.1 Å². The summed E-state index contributed by atoms with van der Waals surface area (Å²) in [6, 6.07) is 11.4. The molecule has 0 spiro atoms. The van der Waals surface area contributed by atoms with E-state index in [9.17, 15) is 5.11 Å². The van der Waals surface area contributed by atoms with Crippen molar-refractivity contribution < 1.29 is 5.11 Å². The van der Waals surface area contributed by atoms with Gasteiger partial charge < -0.3 is 10.4 Å². The summed E-state index contributed by atoms with van der Waals surface area (Å²) in [5, 5.41) is 13.9. The molecule has 0 aliphatic heterocycles. The van der Waals surface area contributed by atoms with E-state index in [0.717, 1.165) is 12.1 Å². The van der Waals surface area contributed by atoms with Crippen LogP contribution in [0, 0.1) is 0 Å². The lowest BCUT2D eigenvalue weighted by molar-refractivity contribution is 0.469. The van der Waals surface area contributed by atoms with Gasteiger partial charge in [-0.1, -0.05) is 42.3 Å². The van der Waals surface area contributed by atoms with Gasteiger partial charge in [0.2, 0.25) is 0 Å². The Bertz CT molecular complexity index is 584. The van der Waals surface area contributed by atoms with Crippen LogP contribution < -0.4 is 5.32 Å². The Morgan fingerprint density at radius 3 is 2.68 bits per heavy atom. The van der Waals surface area contributed by atoms with Gasteiger partial charge in [-0.15, -0.1) is 0 Å². The lowest BCUT2D eigenvalue weighted by Gasteiger charge is -2.10. The number of hydrogen-bond acceptors (Lipinski definition) is 2. The number of phenols is 1. The Balaban J connectivity index is 2.14. The maximum absolute atomic E-state index is 9.87. The quantitative estimate of drug-likeness (QED) is 0.843. The molecule has 2 aromatic carbocycles. The van der Waals surface area contributed by atoms with Gasteiger partial charge in [0.25, 0.3) is 0 Å². The molecule has 0 heterocycles. The topological polar surface area (TPSA) is 32.3 Å². The average molecular weight is 296 g/mol. The van der Waals surface area contributed by atoms with E-state index in [1.807, 2.05) is 12.1 Å². The van der Waals surface area contributed by atoms with Crippen molar-refractivity contribution in [1.82, 2.24) is 0 Å². The predicted octanol–water partition coefficient (Wildman–Crippen LogP) is 4.87. The number of aryl methyl sites for hydroxylation is 1. The highest BCUT2D eigenvalue weighted by Crippen LogP contribution is 2.31. The van der Waals surface area contributed by atoms with Crippen LogP contribution >= 0.6 is 23.2 Å². The van der Waals surface area contributed by atoms with E-state index < -0.39 is 0 Å². The number of hydrogen-bond donors (Lipinski definition) is 2. The molecule has 4 heteroatoms. The van der Waals surface area contributed by atoms with Gasteiger partial charge in [-0.3, -0.25) is 0 Å². The van der Waals surface area contributed by atoms with E-state index in [2.05, 4.69) is 24.4 Å². The standard InChI is InChI=1S/C15H15Cl2NO/c1-2-10-4-3-5-13(6-10)18-9-11-7-12(16)8-14(17)15(11)19/h3-8,18-19H,2,9H2,1H3. The molecule has 0 bridgehead atoms. The molecule has 2 aromatic rings. The number of phenolic OH excluding ortho intramolecular Hbond substituents is 1. The smallest absolute Gasteiger partial charge is 0.139 e. The lowest BCUT2D eigenvalue weighted by Crippen LogP contribution is -2.00. The summed E-state index contributed by atoms with van der Waals surface area (Å²) in [6.45, 7) is 2.58. The zero-order valence-electron chi connectivity index (χ0n) is 10.6. The van der Waals surface area contributed by atoms with Crippen LogP contribution in [0.15, 0.2) is 36.4 Å². The van der Waals surface area contributed by atoms with Crippen LogP contribution in [0.25, 0.3) is 0 Å². The number of rotatable bonds is 4. The number of benzene rings is 2. The Hall–Kier alpha value is -1.38. The van der Waals surface area contributed by atoms with Crippen molar-refractivity contribution in [3.05, 3.63) is 57.6 Å². The summed E-state index contributed by atoms with van der Waals surface area (Å²) >= 11 is 11.8. The SMILES string of the molecule is CCc1cccc(NCc2cc(Cl)cc(Cl)c2O)c1. The minimum absolute atomic E-state index is 0.0743. The Morgan fingerprint density at radius 1 is 1.16 bits per heavy atom. The van der Waals surface area contributed by atoms with Gasteiger partial charge in [0.05, 0.1) is 5.02 Å². The molecule has 19 heavy (non-hydrogen) atoms. The third-order valence-corrected chi connectivity index (χ3v) is 3.43. The molecule has 0 unspecified atom stereocenters. The molecule has 2 nitrogen and oxygen atoms in total. The van der Waals surface area contributed by atoms with Crippen molar-refractivity contribution in [2.24, 2.45) is 0 Å². The normalized spacial score (nSPS) is 10.5. The molecule has 0 saturated carbocycles. The average Bonchev–Trinajstić information content (AvgIpc) is 2.41. The van der Waals surface area contributed by atoms with Gasteiger partial charge >= 0.3 is 0 Å². The van der Waals surface area contributed by atoms with Crippen LogP contribution in [0.2, 0.25) is 10.0 Å². The van der Waals surface area contributed by atoms with E-state index >= 15 is 0 Å². The van der Waals surface area contributed by atoms with Crippen molar-refractivity contribution >= 4 is 28.9 Å². The zero-order chi connectivity index (χ0) is 13.8. The molecule has 100 valence electrons. The first-order valence-electron chi connectivity index (χ1n) is 6.10. The van der Waals surface area contributed by atoms with Gasteiger partial charge in [0.1, 0.15) is 5.75 Å². The van der Waals surface area contributed by atoms with Crippen molar-refractivity contribution in [3.8, 4) is 5.75 Å². The molecule has 2 N–H and O–H groups in total. The van der Waals surface area contributed by atoms with E-state index in [4.69, 9.17) is 23.2 Å². The maximum Gasteiger partial charge on any atom is 0.139 e. The fraction of sp³-hybridized carbons (Fsp3) is 0.200. The van der Waals surface area contributed by atoms with Crippen LogP contribution in [0.3, 0.4) is 0 Å². The highest BCUT2D eigenvalue weighted by molar-refractivity contribution is 6.35. The van der Waals surface area contributed by atoms with Crippen LogP contribution in [0.5, 0.6) is 5.75 Å². The fourth-order valence-corrected chi connectivity index (χ4v) is 2.39. The van der Waals surface area contributed by atoms with E-state index in [1.165, 1.54) is 11.6 Å². The molecule has 0 aliphatic carbocycles. The lowest BCUT2D eigenvalue weighted by atomic mass is 10.1. The second-order valence-electron chi connectivity index (χ2n) is 4.30. The molecule has 0 aliphatic rings. The molecule has 0 fully saturated rings. The third-order valence-electron chi connectivity index (χ3n) is 2.93. The van der Waals surface area contributed by atoms with Gasteiger partial charge in [-0.05, 0) is 36.2 Å². The Kier molecular flexibility index (Phi) is 4.56. The minimum atomic E-state index is 0.0743. The summed E-state index contributed by atoms with van der Waals surface area (Å²) in [6.07, 6.45) is 0.990. The van der Waals surface area contributed by atoms with E-state index in [-0.39, 0.29) is 10.8 Å². The molecule has 0 radical (unpaired) electrons. The number of aromatic hydroxyl groups is 1. The van der Waals surface area contributed by atoms with Gasteiger partial charge in [0.15, 0.2) is 0 Å². The van der Waals surface area contributed by atoms with Crippen molar-refractivity contribution in [2.45, 2.75) is 19.9 Å². The van der Waals surface area contributed by atoms with Gasteiger partial charge in [-0.2, -0.15) is 0 Å². The highest BCUT2D eigenvalue weighted by Gasteiger charge is 2.07. The summed E-state index contributed by atoms with van der Waals surface area (Å²) in [4.78, 5) is 0. The third kappa shape index (κ3) is 3.55. The molecule has 0 aromatic heterocycles. The molecule has 0 amide bonds. The summed E-state index contributed by atoms with van der Waals surface area (Å²) in [5.74, 6) is 0.0743. The Labute approximate surface area is 123 Å². The molecule has 0 saturated heterocycles. The summed E-state index contributed by atoms with van der Waals surface area (Å²) in [7, 11) is 0. The first-order chi connectivity index (χ1) is 9.10. The van der Waals surface area contributed by atoms with Crippen LogP contribution in [0.4, 0.5) is 5.69 Å². The minimum Gasteiger partial charge on any atom is -0.506 e. The van der Waals surface area contributed by atoms with Crippen LogP contribution in [-0.4, -0.2) is 5.11 Å². The first-order valence-corrected chi connectivity index (χ1v) is 6.85. The molecular formula is C15H15Cl2NO. The zero-order valence-corrected chi connectivity index (χ0v) is 12.1. The second-order valence-corrected chi connectivity index (χ2v) is 5.15. The van der Waals surface area contributed by atoms with Crippen molar-refractivity contribution in [2.75, 3.05) is 5.32 Å².